The van der Waals surface area contributed by atoms with Crippen LogP contribution in [0.4, 0.5) is 5.69 Å². The molecule has 0 fully saturated rings. The highest BCUT2D eigenvalue weighted by atomic mass is 35.5. The Balaban J connectivity index is 2.40. The lowest BCUT2D eigenvalue weighted by Crippen LogP contribution is -1.95. The van der Waals surface area contributed by atoms with E-state index in [0.29, 0.717) is 0 Å². The van der Waals surface area contributed by atoms with Crippen LogP contribution in [0.1, 0.15) is 19.8 Å². The summed E-state index contributed by atoms with van der Waals surface area (Å²) in [6.07, 6.45) is 2.25. The van der Waals surface area contributed by atoms with Gasteiger partial charge >= 0.3 is 0 Å². The van der Waals surface area contributed by atoms with Gasteiger partial charge in [-0.25, -0.2) is 0 Å². The second-order valence-electron chi connectivity index (χ2n) is 2.82. The van der Waals surface area contributed by atoms with E-state index in [1.165, 1.54) is 0 Å². The number of nitrogens with one attached hydrogen (secondary N) is 1. The summed E-state index contributed by atoms with van der Waals surface area (Å²) in [5, 5.41) is 0. The van der Waals surface area contributed by atoms with Gasteiger partial charge in [0.1, 0.15) is 5.75 Å². The van der Waals surface area contributed by atoms with Crippen LogP contribution in [-0.2, 0) is 0 Å². The zero-order valence-electron chi connectivity index (χ0n) is 7.72. The van der Waals surface area contributed by atoms with Crippen molar-refractivity contribution in [1.82, 2.24) is 0 Å². The van der Waals surface area contributed by atoms with E-state index in [1.807, 2.05) is 24.3 Å². The predicted octanol–water partition coefficient (Wildman–Crippen LogP) is 3.43. The molecule has 1 aromatic rings. The Morgan fingerprint density at radius 1 is 1.31 bits per heavy atom. The number of hydrogen-bond acceptors (Lipinski definition) is 2. The van der Waals surface area contributed by atoms with Gasteiger partial charge in [0.15, 0.2) is 0 Å². The molecule has 0 saturated heterocycles. The SMILES string of the molecule is CCCCOc1ccc(NCl)cc1. The van der Waals surface area contributed by atoms with Crippen LogP contribution >= 0.6 is 11.8 Å². The summed E-state index contributed by atoms with van der Waals surface area (Å²) in [6, 6.07) is 7.57. The molecular weight excluding hydrogens is 186 g/mol. The molecule has 0 atom stereocenters. The molecule has 0 unspecified atom stereocenters. The van der Waals surface area contributed by atoms with E-state index in [4.69, 9.17) is 16.5 Å². The van der Waals surface area contributed by atoms with Gasteiger partial charge in [0, 0.05) is 17.5 Å². The Morgan fingerprint density at radius 2 is 2.00 bits per heavy atom. The van der Waals surface area contributed by atoms with E-state index in [0.717, 1.165) is 30.9 Å². The van der Waals surface area contributed by atoms with Gasteiger partial charge in [0.25, 0.3) is 0 Å². The number of hydrogen-bond donors (Lipinski definition) is 1. The fourth-order valence-corrected chi connectivity index (χ4v) is 1.07. The molecular formula is C10H14ClNO. The van der Waals surface area contributed by atoms with Crippen molar-refractivity contribution in [2.24, 2.45) is 0 Å². The van der Waals surface area contributed by atoms with Crippen molar-refractivity contribution in [3.63, 3.8) is 0 Å². The van der Waals surface area contributed by atoms with Crippen LogP contribution in [-0.4, -0.2) is 6.61 Å². The van der Waals surface area contributed by atoms with E-state index < -0.39 is 0 Å². The lowest BCUT2D eigenvalue weighted by atomic mass is 10.3. The first-order valence-corrected chi connectivity index (χ1v) is 4.84. The van der Waals surface area contributed by atoms with Gasteiger partial charge in [0.2, 0.25) is 0 Å². The molecule has 0 amide bonds. The standard InChI is InChI=1S/C10H14ClNO/c1-2-3-8-13-10-6-4-9(12-11)5-7-10/h4-7,12H,2-3,8H2,1H3. The molecule has 0 radical (unpaired) electrons. The molecule has 1 N–H and O–H groups in total. The molecule has 0 heterocycles. The van der Waals surface area contributed by atoms with Crippen LogP contribution in [0, 0.1) is 0 Å². The second kappa shape index (κ2) is 5.70. The topological polar surface area (TPSA) is 21.3 Å². The van der Waals surface area contributed by atoms with Crippen LogP contribution in [0.25, 0.3) is 0 Å². The highest BCUT2D eigenvalue weighted by Crippen LogP contribution is 2.16. The van der Waals surface area contributed by atoms with Gasteiger partial charge in [-0.2, -0.15) is 0 Å². The van der Waals surface area contributed by atoms with Gasteiger partial charge in [-0.15, -0.1) is 0 Å². The van der Waals surface area contributed by atoms with Crippen molar-refractivity contribution in [3.8, 4) is 5.75 Å². The van der Waals surface area contributed by atoms with Crippen molar-refractivity contribution < 1.29 is 4.74 Å². The van der Waals surface area contributed by atoms with Crippen molar-refractivity contribution in [2.45, 2.75) is 19.8 Å². The fraction of sp³-hybridized carbons (Fsp3) is 0.400. The third kappa shape index (κ3) is 3.55. The summed E-state index contributed by atoms with van der Waals surface area (Å²) in [7, 11) is 0. The summed E-state index contributed by atoms with van der Waals surface area (Å²) < 4.78 is 5.48. The normalized spacial score (nSPS) is 9.69. The molecule has 3 heteroatoms. The van der Waals surface area contributed by atoms with Crippen molar-refractivity contribution in [1.29, 1.82) is 0 Å². The van der Waals surface area contributed by atoms with Gasteiger partial charge in [-0.3, -0.25) is 4.84 Å². The molecule has 0 aliphatic rings. The highest BCUT2D eigenvalue weighted by Gasteiger charge is 1.93. The number of ether oxygens (including phenoxy) is 1. The van der Waals surface area contributed by atoms with Crippen molar-refractivity contribution in [3.05, 3.63) is 24.3 Å². The van der Waals surface area contributed by atoms with Gasteiger partial charge in [-0.1, -0.05) is 13.3 Å². The number of anilines is 1. The summed E-state index contributed by atoms with van der Waals surface area (Å²) >= 11 is 5.42. The smallest absolute Gasteiger partial charge is 0.119 e. The molecule has 72 valence electrons. The Morgan fingerprint density at radius 3 is 2.54 bits per heavy atom. The molecule has 2 nitrogen and oxygen atoms in total. The molecule has 0 saturated carbocycles. The minimum absolute atomic E-state index is 0.782. The summed E-state index contributed by atoms with van der Waals surface area (Å²) in [5.41, 5.74) is 0.879. The molecule has 1 rings (SSSR count). The number of benzene rings is 1. The van der Waals surface area contributed by atoms with Crippen LogP contribution in [0.2, 0.25) is 0 Å². The Hall–Kier alpha value is -0.890. The Labute approximate surface area is 84.0 Å². The van der Waals surface area contributed by atoms with E-state index in [-0.39, 0.29) is 0 Å². The van der Waals surface area contributed by atoms with E-state index >= 15 is 0 Å². The zero-order chi connectivity index (χ0) is 9.52. The van der Waals surface area contributed by atoms with Gasteiger partial charge in [0.05, 0.1) is 6.61 Å². The number of halogens is 1. The monoisotopic (exact) mass is 199 g/mol. The first kappa shape index (κ1) is 10.2. The maximum atomic E-state index is 5.48. The molecule has 0 aromatic heterocycles. The quantitative estimate of drug-likeness (QED) is 0.580. The van der Waals surface area contributed by atoms with Gasteiger partial charge < -0.3 is 4.74 Å². The Kier molecular flexibility index (Phi) is 4.47. The summed E-state index contributed by atoms with van der Waals surface area (Å²) in [5.74, 6) is 0.893. The fourth-order valence-electron chi connectivity index (χ4n) is 0.949. The summed E-state index contributed by atoms with van der Waals surface area (Å²) in [6.45, 7) is 2.92. The average Bonchev–Trinajstić information content (AvgIpc) is 2.19. The first-order valence-electron chi connectivity index (χ1n) is 4.46. The van der Waals surface area contributed by atoms with Crippen LogP contribution in [0.15, 0.2) is 24.3 Å². The maximum Gasteiger partial charge on any atom is 0.119 e. The van der Waals surface area contributed by atoms with E-state index in [1.54, 1.807) is 0 Å². The van der Waals surface area contributed by atoms with Crippen LogP contribution in [0.3, 0.4) is 0 Å². The third-order valence-corrected chi connectivity index (χ3v) is 1.95. The lowest BCUT2D eigenvalue weighted by Gasteiger charge is -2.05. The number of unbranched alkanes of at least 4 members (excludes halogenated alkanes) is 1. The lowest BCUT2D eigenvalue weighted by molar-refractivity contribution is 0.309. The highest BCUT2D eigenvalue weighted by molar-refractivity contribution is 6.23. The average molecular weight is 200 g/mol. The number of rotatable bonds is 5. The van der Waals surface area contributed by atoms with E-state index in [2.05, 4.69) is 11.8 Å². The largest absolute Gasteiger partial charge is 0.494 e. The molecule has 0 aliphatic heterocycles. The minimum Gasteiger partial charge on any atom is -0.494 e. The van der Waals surface area contributed by atoms with Crippen LogP contribution in [0.5, 0.6) is 5.75 Å². The summed E-state index contributed by atoms with van der Waals surface area (Å²) in [4.78, 5) is 2.54. The molecule has 13 heavy (non-hydrogen) atoms. The molecule has 0 aliphatic carbocycles. The molecule has 0 spiro atoms. The Bertz CT molecular complexity index is 235. The zero-order valence-corrected chi connectivity index (χ0v) is 8.47. The van der Waals surface area contributed by atoms with Crippen molar-refractivity contribution >= 4 is 17.5 Å². The second-order valence-corrected chi connectivity index (χ2v) is 3.01. The van der Waals surface area contributed by atoms with Gasteiger partial charge in [-0.05, 0) is 30.7 Å². The molecule has 1 aromatic carbocycles. The molecule has 0 bridgehead atoms. The van der Waals surface area contributed by atoms with E-state index in [9.17, 15) is 0 Å². The predicted molar refractivity (Wildman–Crippen MR) is 56.3 cm³/mol. The first-order chi connectivity index (χ1) is 6.36. The van der Waals surface area contributed by atoms with Crippen LogP contribution < -0.4 is 9.57 Å². The van der Waals surface area contributed by atoms with Crippen molar-refractivity contribution in [2.75, 3.05) is 11.4 Å². The maximum absolute atomic E-state index is 5.48. The minimum atomic E-state index is 0.782. The third-order valence-electron chi connectivity index (χ3n) is 1.73.